The molecule has 1 atom stereocenters. The Bertz CT molecular complexity index is 1590. The van der Waals surface area contributed by atoms with Crippen molar-refractivity contribution in [1.82, 2.24) is 0 Å². The first-order chi connectivity index (χ1) is 35.0. The van der Waals surface area contributed by atoms with Gasteiger partial charge in [0.1, 0.15) is 13.2 Å². The van der Waals surface area contributed by atoms with Crippen LogP contribution >= 0.6 is 0 Å². The van der Waals surface area contributed by atoms with Crippen molar-refractivity contribution in [2.24, 2.45) is 0 Å². The van der Waals surface area contributed by atoms with E-state index >= 15 is 0 Å². The summed E-state index contributed by atoms with van der Waals surface area (Å²) in [6, 6.07) is 0. The van der Waals surface area contributed by atoms with E-state index in [2.05, 4.69) is 167 Å². The van der Waals surface area contributed by atoms with Crippen molar-refractivity contribution in [3.05, 3.63) is 146 Å². The van der Waals surface area contributed by atoms with Crippen LogP contribution in [0, 0.1) is 0 Å². The second-order valence-corrected chi connectivity index (χ2v) is 18.1. The molecule has 0 aliphatic carbocycles. The van der Waals surface area contributed by atoms with Gasteiger partial charge in [-0.15, -0.1) is 0 Å². The smallest absolute Gasteiger partial charge is 0.306 e. The second kappa shape index (κ2) is 57.9. The number of unbranched alkanes of at least 4 members (excludes halogenated alkanes) is 14. The Morgan fingerprint density at radius 3 is 0.901 bits per heavy atom. The highest BCUT2D eigenvalue weighted by Crippen LogP contribution is 2.13. The zero-order valence-electron chi connectivity index (χ0n) is 45.4. The molecule has 0 rings (SSSR count). The normalized spacial score (nSPS) is 13.2. The molecule has 0 heterocycles. The minimum absolute atomic E-state index is 0.111. The molecule has 1 unspecified atom stereocenters. The number of hydrogen-bond donors (Lipinski definition) is 0. The van der Waals surface area contributed by atoms with Crippen LogP contribution in [-0.4, -0.2) is 37.2 Å². The van der Waals surface area contributed by atoms with Gasteiger partial charge in [-0.3, -0.25) is 14.4 Å². The van der Waals surface area contributed by atoms with Gasteiger partial charge in [-0.1, -0.05) is 237 Å². The Hall–Kier alpha value is -4.71. The summed E-state index contributed by atoms with van der Waals surface area (Å²) in [5.41, 5.74) is 0. The summed E-state index contributed by atoms with van der Waals surface area (Å²) in [5.74, 6) is -1.00. The van der Waals surface area contributed by atoms with Crippen LogP contribution < -0.4 is 0 Å². The first-order valence-electron chi connectivity index (χ1n) is 28.3. The Labute approximate surface area is 436 Å². The predicted octanol–water partition coefficient (Wildman–Crippen LogP) is 19.2. The molecule has 6 heteroatoms. The number of carbonyl (C=O) groups excluding carboxylic acids is 3. The van der Waals surface area contributed by atoms with E-state index in [1.165, 1.54) is 38.5 Å². The van der Waals surface area contributed by atoms with Crippen molar-refractivity contribution >= 4 is 17.9 Å². The average Bonchev–Trinajstić information content (AvgIpc) is 3.37. The molecule has 0 radical (unpaired) electrons. The highest BCUT2D eigenvalue weighted by atomic mass is 16.6. The third-order valence-corrected chi connectivity index (χ3v) is 11.3. The van der Waals surface area contributed by atoms with Gasteiger partial charge in [0.25, 0.3) is 0 Å². The molecule has 0 spiro atoms. The fourth-order valence-corrected chi connectivity index (χ4v) is 7.16. The van der Waals surface area contributed by atoms with Crippen LogP contribution in [0.1, 0.15) is 226 Å². The lowest BCUT2D eigenvalue weighted by Crippen LogP contribution is -2.30. The summed E-state index contributed by atoms with van der Waals surface area (Å²) in [6.07, 6.45) is 82.8. The molecule has 0 aliphatic rings. The topological polar surface area (TPSA) is 78.9 Å². The van der Waals surface area contributed by atoms with E-state index in [1.54, 1.807) is 0 Å². The number of hydrogen-bond acceptors (Lipinski definition) is 6. The van der Waals surface area contributed by atoms with Crippen molar-refractivity contribution in [3.8, 4) is 0 Å². The fraction of sp³-hybridized carbons (Fsp3) is 0.585. The van der Waals surface area contributed by atoms with Gasteiger partial charge in [0.2, 0.25) is 0 Å². The quantitative estimate of drug-likeness (QED) is 0.0262. The molecule has 0 aromatic rings. The molecule has 0 aliphatic heterocycles. The maximum atomic E-state index is 12.8. The minimum Gasteiger partial charge on any atom is -0.462 e. The van der Waals surface area contributed by atoms with Crippen molar-refractivity contribution in [1.29, 1.82) is 0 Å². The average molecular weight is 980 g/mol. The molecular weight excluding hydrogens is 877 g/mol. The van der Waals surface area contributed by atoms with E-state index in [0.29, 0.717) is 19.3 Å². The number of allylic oxidation sites excluding steroid dienone is 24. The summed E-state index contributed by atoms with van der Waals surface area (Å²) >= 11 is 0. The van der Waals surface area contributed by atoms with Crippen LogP contribution in [0.15, 0.2) is 146 Å². The maximum Gasteiger partial charge on any atom is 0.306 e. The SMILES string of the molecule is CC/C=C\C/C=C\C/C=C\C/C=C\C/C=C\C/C=C\C/C=C\CCCCCCCC(=O)OCC(COC(=O)CCCCCCCCCCC)OC(=O)CCC/C=C\C/C=C\C/C=C\C/C=C\C/C=C\CC. The van der Waals surface area contributed by atoms with Gasteiger partial charge in [-0.05, 0) is 116 Å². The first kappa shape index (κ1) is 66.3. The van der Waals surface area contributed by atoms with Crippen LogP contribution in [0.4, 0.5) is 0 Å². The summed E-state index contributed by atoms with van der Waals surface area (Å²) < 4.78 is 16.7. The van der Waals surface area contributed by atoms with E-state index in [4.69, 9.17) is 14.2 Å². The van der Waals surface area contributed by atoms with Gasteiger partial charge in [0.05, 0.1) is 0 Å². The summed E-state index contributed by atoms with van der Waals surface area (Å²) in [7, 11) is 0. The van der Waals surface area contributed by atoms with Gasteiger partial charge < -0.3 is 14.2 Å². The van der Waals surface area contributed by atoms with Crippen LogP contribution in [0.3, 0.4) is 0 Å². The summed E-state index contributed by atoms with van der Waals surface area (Å²) in [6.45, 7) is 6.31. The molecule has 0 saturated heterocycles. The molecule has 0 bridgehead atoms. The maximum absolute atomic E-state index is 12.8. The second-order valence-electron chi connectivity index (χ2n) is 18.1. The molecule has 0 aromatic heterocycles. The number of rotatable bonds is 49. The standard InChI is InChI=1S/C65H102O6/c1-4-7-10-13-16-19-21-23-25-27-28-29-30-31-32-33-34-35-36-38-39-41-43-46-49-52-55-58-64(67)70-61-62(60-69-63(66)57-54-51-48-45-18-15-12-9-6-3)71-65(68)59-56-53-50-47-44-42-40-37-26-24-22-20-17-14-11-8-5-2/h7-8,10-11,16-17,19-20,23-26,28-29,31-32,34-35,38-40,42,47,50,62H,4-6,9,12-15,18,21-22,27,30,33,36-37,41,43-46,48-49,51-61H2,1-3H3/b10-7-,11-8-,19-16-,20-17-,25-23-,26-24-,29-28-,32-31-,35-34-,39-38-,42-40-,50-47-. The third kappa shape index (κ3) is 56.1. The highest BCUT2D eigenvalue weighted by molar-refractivity contribution is 5.71. The van der Waals surface area contributed by atoms with E-state index in [1.807, 2.05) is 0 Å². The van der Waals surface area contributed by atoms with Gasteiger partial charge in [0, 0.05) is 19.3 Å². The lowest BCUT2D eigenvalue weighted by molar-refractivity contribution is -0.167. The summed E-state index contributed by atoms with van der Waals surface area (Å²) in [5, 5.41) is 0. The molecule has 0 fully saturated rings. The van der Waals surface area contributed by atoms with Gasteiger partial charge in [-0.25, -0.2) is 0 Å². The van der Waals surface area contributed by atoms with Crippen molar-refractivity contribution < 1.29 is 28.6 Å². The van der Waals surface area contributed by atoms with Crippen LogP contribution in [-0.2, 0) is 28.6 Å². The molecule has 0 N–H and O–H groups in total. The Morgan fingerprint density at radius 2 is 0.563 bits per heavy atom. The van der Waals surface area contributed by atoms with Crippen molar-refractivity contribution in [2.75, 3.05) is 13.2 Å². The molecule has 0 saturated carbocycles. The van der Waals surface area contributed by atoms with Gasteiger partial charge in [0.15, 0.2) is 6.10 Å². The first-order valence-corrected chi connectivity index (χ1v) is 28.3. The molecule has 0 amide bonds. The molecule has 6 nitrogen and oxygen atoms in total. The minimum atomic E-state index is -0.820. The van der Waals surface area contributed by atoms with Crippen molar-refractivity contribution in [2.45, 2.75) is 232 Å². The molecule has 398 valence electrons. The van der Waals surface area contributed by atoms with Gasteiger partial charge >= 0.3 is 17.9 Å². The summed E-state index contributed by atoms with van der Waals surface area (Å²) in [4.78, 5) is 38.0. The zero-order chi connectivity index (χ0) is 51.4. The van der Waals surface area contributed by atoms with E-state index in [9.17, 15) is 14.4 Å². The highest BCUT2D eigenvalue weighted by Gasteiger charge is 2.19. The molecule has 71 heavy (non-hydrogen) atoms. The van der Waals surface area contributed by atoms with E-state index < -0.39 is 6.10 Å². The predicted molar refractivity (Wildman–Crippen MR) is 306 cm³/mol. The number of carbonyl (C=O) groups is 3. The lowest BCUT2D eigenvalue weighted by Gasteiger charge is -2.18. The van der Waals surface area contributed by atoms with E-state index in [-0.39, 0.29) is 37.5 Å². The molecular formula is C65H102O6. The molecule has 0 aromatic carbocycles. The van der Waals surface area contributed by atoms with Crippen molar-refractivity contribution in [3.63, 3.8) is 0 Å². The largest absolute Gasteiger partial charge is 0.462 e. The Kier molecular flexibility index (Phi) is 54.0. The van der Waals surface area contributed by atoms with Crippen LogP contribution in [0.2, 0.25) is 0 Å². The van der Waals surface area contributed by atoms with Gasteiger partial charge in [-0.2, -0.15) is 0 Å². The Morgan fingerprint density at radius 1 is 0.296 bits per heavy atom. The number of esters is 3. The van der Waals surface area contributed by atoms with E-state index in [0.717, 1.165) is 141 Å². The number of ether oxygens (including phenoxy) is 3. The zero-order valence-corrected chi connectivity index (χ0v) is 45.4. The Balaban J connectivity index is 4.40. The van der Waals surface area contributed by atoms with Crippen LogP contribution in [0.25, 0.3) is 0 Å². The monoisotopic (exact) mass is 979 g/mol. The third-order valence-electron chi connectivity index (χ3n) is 11.3. The van der Waals surface area contributed by atoms with Crippen LogP contribution in [0.5, 0.6) is 0 Å². The lowest BCUT2D eigenvalue weighted by atomic mass is 10.1. The fourth-order valence-electron chi connectivity index (χ4n) is 7.16.